The minimum Gasteiger partial charge on any atom is -0.504 e. The molecule has 0 radical (unpaired) electrons. The van der Waals surface area contributed by atoms with E-state index < -0.39 is 0 Å². The Morgan fingerprint density at radius 2 is 2.00 bits per heavy atom. The van der Waals surface area contributed by atoms with Crippen LogP contribution in [0.2, 0.25) is 0 Å². The summed E-state index contributed by atoms with van der Waals surface area (Å²) >= 11 is 0. The lowest BCUT2D eigenvalue weighted by atomic mass is 10.1. The van der Waals surface area contributed by atoms with Crippen molar-refractivity contribution >= 4 is 5.97 Å². The Hall–Kier alpha value is -1.77. The van der Waals surface area contributed by atoms with E-state index in [-0.39, 0.29) is 11.9 Å². The van der Waals surface area contributed by atoms with Gasteiger partial charge in [0.1, 0.15) is 0 Å². The van der Waals surface area contributed by atoms with Crippen molar-refractivity contribution in [3.05, 3.63) is 47.7 Å². The highest BCUT2D eigenvalue weighted by Crippen LogP contribution is 2.51. The van der Waals surface area contributed by atoms with Gasteiger partial charge in [-0.2, -0.15) is 0 Å². The third-order valence-electron chi connectivity index (χ3n) is 3.08. The summed E-state index contributed by atoms with van der Waals surface area (Å²) in [6, 6.07) is 10.2. The van der Waals surface area contributed by atoms with E-state index in [2.05, 4.69) is 12.1 Å². The maximum atomic E-state index is 11.6. The van der Waals surface area contributed by atoms with E-state index in [9.17, 15) is 4.79 Å². The third-order valence-corrected chi connectivity index (χ3v) is 3.08. The van der Waals surface area contributed by atoms with Crippen molar-refractivity contribution in [2.75, 3.05) is 14.2 Å². The van der Waals surface area contributed by atoms with Crippen molar-refractivity contribution in [2.45, 2.75) is 12.3 Å². The van der Waals surface area contributed by atoms with E-state index in [1.165, 1.54) is 18.9 Å². The lowest BCUT2D eigenvalue weighted by Gasteiger charge is -2.04. The minimum atomic E-state index is -0.296. The van der Waals surface area contributed by atoms with Crippen LogP contribution in [0.4, 0.5) is 0 Å². The molecule has 17 heavy (non-hydrogen) atoms. The number of hydrogen-bond acceptors (Lipinski definition) is 3. The van der Waals surface area contributed by atoms with Crippen LogP contribution in [0.25, 0.3) is 0 Å². The van der Waals surface area contributed by atoms with Crippen molar-refractivity contribution in [1.29, 1.82) is 0 Å². The fraction of sp³-hybridized carbons (Fsp3) is 0.357. The number of benzene rings is 1. The van der Waals surface area contributed by atoms with Gasteiger partial charge in [0.2, 0.25) is 0 Å². The van der Waals surface area contributed by atoms with E-state index in [0.717, 1.165) is 6.42 Å². The molecular weight excluding hydrogens is 216 g/mol. The van der Waals surface area contributed by atoms with E-state index in [1.54, 1.807) is 7.11 Å². The minimum absolute atomic E-state index is 0.227. The molecule has 1 aliphatic carbocycles. The first-order valence-corrected chi connectivity index (χ1v) is 5.64. The van der Waals surface area contributed by atoms with Crippen LogP contribution in [0.15, 0.2) is 42.2 Å². The summed E-state index contributed by atoms with van der Waals surface area (Å²) < 4.78 is 9.71. The molecule has 0 unspecified atom stereocenters. The van der Waals surface area contributed by atoms with Gasteiger partial charge in [-0.3, -0.25) is 0 Å². The fourth-order valence-electron chi connectivity index (χ4n) is 2.14. The summed E-state index contributed by atoms with van der Waals surface area (Å²) in [4.78, 5) is 11.6. The molecular formula is C14H16O3. The molecule has 0 aliphatic heterocycles. The zero-order valence-corrected chi connectivity index (χ0v) is 10.1. The summed E-state index contributed by atoms with van der Waals surface area (Å²) in [6.45, 7) is 0. The van der Waals surface area contributed by atoms with E-state index >= 15 is 0 Å². The Morgan fingerprint density at radius 3 is 2.59 bits per heavy atom. The maximum Gasteiger partial charge on any atom is 0.337 e. The van der Waals surface area contributed by atoms with Crippen LogP contribution in [0.5, 0.6) is 0 Å². The van der Waals surface area contributed by atoms with Gasteiger partial charge in [0.15, 0.2) is 0 Å². The number of rotatable bonds is 4. The Balaban J connectivity index is 2.11. The number of esters is 1. The van der Waals surface area contributed by atoms with Crippen molar-refractivity contribution < 1.29 is 14.3 Å². The van der Waals surface area contributed by atoms with Crippen LogP contribution in [0.1, 0.15) is 17.9 Å². The van der Waals surface area contributed by atoms with Gasteiger partial charge in [0.05, 0.1) is 26.1 Å². The van der Waals surface area contributed by atoms with Gasteiger partial charge in [0.25, 0.3) is 0 Å². The standard InChI is InChI=1S/C14H16O3/c1-16-9-13(14(15)17-2)12-8-11(12)10-6-4-3-5-7-10/h3-7,9,11-12H,8H2,1-2H3/b13-9+/t11-,12-/m0/s1. The summed E-state index contributed by atoms with van der Waals surface area (Å²) in [5.74, 6) is 0.344. The van der Waals surface area contributed by atoms with Gasteiger partial charge < -0.3 is 9.47 Å². The molecule has 1 fully saturated rings. The molecule has 90 valence electrons. The molecule has 0 bridgehead atoms. The van der Waals surface area contributed by atoms with E-state index in [1.807, 2.05) is 18.2 Å². The maximum absolute atomic E-state index is 11.6. The highest BCUT2D eigenvalue weighted by atomic mass is 16.5. The Morgan fingerprint density at radius 1 is 1.29 bits per heavy atom. The van der Waals surface area contributed by atoms with Crippen LogP contribution in [0, 0.1) is 5.92 Å². The molecule has 0 aromatic heterocycles. The molecule has 0 spiro atoms. The molecule has 0 N–H and O–H groups in total. The average molecular weight is 232 g/mol. The van der Waals surface area contributed by atoms with Crippen molar-refractivity contribution in [3.63, 3.8) is 0 Å². The van der Waals surface area contributed by atoms with Gasteiger partial charge in [-0.05, 0) is 17.9 Å². The molecule has 3 heteroatoms. The number of hydrogen-bond donors (Lipinski definition) is 0. The van der Waals surface area contributed by atoms with E-state index in [0.29, 0.717) is 11.5 Å². The number of methoxy groups -OCH3 is 2. The van der Waals surface area contributed by atoms with Gasteiger partial charge in [-0.25, -0.2) is 4.79 Å². The smallest absolute Gasteiger partial charge is 0.337 e. The van der Waals surface area contributed by atoms with Gasteiger partial charge >= 0.3 is 5.97 Å². The molecule has 3 nitrogen and oxygen atoms in total. The normalized spacial score (nSPS) is 23.1. The molecule has 1 aromatic rings. The molecule has 1 saturated carbocycles. The van der Waals surface area contributed by atoms with Crippen LogP contribution < -0.4 is 0 Å². The van der Waals surface area contributed by atoms with Crippen molar-refractivity contribution in [1.82, 2.24) is 0 Å². The van der Waals surface area contributed by atoms with Crippen molar-refractivity contribution in [2.24, 2.45) is 5.92 Å². The first-order valence-electron chi connectivity index (χ1n) is 5.64. The van der Waals surface area contributed by atoms with Gasteiger partial charge in [-0.1, -0.05) is 30.3 Å². The quantitative estimate of drug-likeness (QED) is 0.454. The number of carbonyl (C=O) groups excluding carboxylic acids is 1. The molecule has 0 heterocycles. The molecule has 0 saturated heterocycles. The first-order chi connectivity index (χ1) is 8.27. The molecule has 1 aromatic carbocycles. The SMILES string of the molecule is CO/C=C(/C(=O)OC)[C@H]1C[C@H]1c1ccccc1. The summed E-state index contributed by atoms with van der Waals surface area (Å²) in [7, 11) is 2.94. The number of ether oxygens (including phenoxy) is 2. The topological polar surface area (TPSA) is 35.5 Å². The van der Waals surface area contributed by atoms with Crippen LogP contribution in [-0.2, 0) is 14.3 Å². The summed E-state index contributed by atoms with van der Waals surface area (Å²) in [6.07, 6.45) is 2.48. The zero-order valence-electron chi connectivity index (χ0n) is 10.1. The fourth-order valence-corrected chi connectivity index (χ4v) is 2.14. The van der Waals surface area contributed by atoms with Crippen molar-refractivity contribution in [3.8, 4) is 0 Å². The summed E-state index contributed by atoms with van der Waals surface area (Å²) in [5.41, 5.74) is 1.90. The predicted molar refractivity (Wildman–Crippen MR) is 64.4 cm³/mol. The highest BCUT2D eigenvalue weighted by molar-refractivity contribution is 5.89. The Kier molecular flexibility index (Phi) is 3.47. The zero-order chi connectivity index (χ0) is 12.3. The number of carbonyl (C=O) groups is 1. The van der Waals surface area contributed by atoms with Crippen LogP contribution in [-0.4, -0.2) is 20.2 Å². The molecule has 0 amide bonds. The van der Waals surface area contributed by atoms with Crippen LogP contribution in [0.3, 0.4) is 0 Å². The van der Waals surface area contributed by atoms with E-state index in [4.69, 9.17) is 9.47 Å². The first kappa shape index (κ1) is 11.7. The lowest BCUT2D eigenvalue weighted by molar-refractivity contribution is -0.136. The third kappa shape index (κ3) is 2.49. The Labute approximate surface area is 101 Å². The van der Waals surface area contributed by atoms with Gasteiger partial charge in [0, 0.05) is 5.92 Å². The summed E-state index contributed by atoms with van der Waals surface area (Å²) in [5, 5.41) is 0. The lowest BCUT2D eigenvalue weighted by Crippen LogP contribution is -2.07. The van der Waals surface area contributed by atoms with Gasteiger partial charge in [-0.15, -0.1) is 0 Å². The molecule has 2 rings (SSSR count). The molecule has 1 aliphatic rings. The second-order valence-electron chi connectivity index (χ2n) is 4.16. The Bertz CT molecular complexity index is 422. The van der Waals surface area contributed by atoms with Crippen LogP contribution >= 0.6 is 0 Å². The second kappa shape index (κ2) is 5.04. The molecule has 2 atom stereocenters. The largest absolute Gasteiger partial charge is 0.504 e. The highest BCUT2D eigenvalue weighted by Gasteiger charge is 2.44. The predicted octanol–water partition coefficient (Wildman–Crippen LogP) is 2.49. The second-order valence-corrected chi connectivity index (χ2v) is 4.16. The average Bonchev–Trinajstić information content (AvgIpc) is 3.16. The monoisotopic (exact) mass is 232 g/mol.